The van der Waals surface area contributed by atoms with Crippen LogP contribution in [0.4, 0.5) is 0 Å². The number of nitrogens with zero attached hydrogens (tertiary/aromatic N) is 2. The molecule has 4 rings (SSSR count). The molecule has 140 valence electrons. The van der Waals surface area contributed by atoms with Crippen molar-refractivity contribution in [1.82, 2.24) is 15.1 Å². The second-order valence-corrected chi connectivity index (χ2v) is 7.22. The molecule has 5 heteroatoms. The number of carbonyl (C=O) groups is 2. The largest absolute Gasteiger partial charge is 0.332 e. The predicted molar refractivity (Wildman–Crippen MR) is 104 cm³/mol. The van der Waals surface area contributed by atoms with Crippen molar-refractivity contribution in [2.75, 3.05) is 26.2 Å². The number of fused-ring (bicyclic) bond motifs is 1. The number of hydrogen-bond acceptors (Lipinski definition) is 3. The molecular weight excluding hydrogens is 338 g/mol. The highest BCUT2D eigenvalue weighted by atomic mass is 16.2. The lowest BCUT2D eigenvalue weighted by atomic mass is 10.0. The third kappa shape index (κ3) is 3.47. The Labute approximate surface area is 160 Å². The van der Waals surface area contributed by atoms with E-state index in [1.165, 1.54) is 5.56 Å². The highest BCUT2D eigenvalue weighted by molar-refractivity contribution is 6.00. The number of rotatable bonds is 4. The molecule has 0 bridgehead atoms. The zero-order valence-electron chi connectivity index (χ0n) is 15.6. The zero-order valence-corrected chi connectivity index (χ0v) is 15.6. The van der Waals surface area contributed by atoms with E-state index in [4.69, 9.17) is 0 Å². The van der Waals surface area contributed by atoms with Crippen LogP contribution in [-0.2, 0) is 17.8 Å². The summed E-state index contributed by atoms with van der Waals surface area (Å²) in [6.07, 6.45) is 1.00. The van der Waals surface area contributed by atoms with E-state index < -0.39 is 0 Å². The Hall–Kier alpha value is -2.66. The second-order valence-electron chi connectivity index (χ2n) is 7.22. The maximum Gasteiger partial charge on any atom is 0.254 e. The summed E-state index contributed by atoms with van der Waals surface area (Å²) in [5, 5.41) is 3.39. The van der Waals surface area contributed by atoms with Crippen LogP contribution in [0, 0.1) is 0 Å². The van der Waals surface area contributed by atoms with Gasteiger partial charge in [-0.05, 0) is 29.2 Å². The van der Waals surface area contributed by atoms with Crippen LogP contribution < -0.4 is 5.32 Å². The van der Waals surface area contributed by atoms with Crippen LogP contribution in [0.3, 0.4) is 0 Å². The lowest BCUT2D eigenvalue weighted by Crippen LogP contribution is -2.51. The molecule has 1 saturated heterocycles. The Morgan fingerprint density at radius 1 is 1.15 bits per heavy atom. The van der Waals surface area contributed by atoms with Crippen LogP contribution in [0.25, 0.3) is 0 Å². The van der Waals surface area contributed by atoms with Gasteiger partial charge < -0.3 is 15.1 Å². The van der Waals surface area contributed by atoms with Gasteiger partial charge in [0.2, 0.25) is 5.91 Å². The molecule has 1 unspecified atom stereocenters. The minimum Gasteiger partial charge on any atom is -0.332 e. The lowest BCUT2D eigenvalue weighted by molar-refractivity contribution is -0.135. The maximum absolute atomic E-state index is 13.1. The van der Waals surface area contributed by atoms with Gasteiger partial charge in [0.1, 0.15) is 6.54 Å². The first kappa shape index (κ1) is 17.7. The minimum atomic E-state index is -0.0436. The Kier molecular flexibility index (Phi) is 4.94. The number of hydrogen-bond donors (Lipinski definition) is 1. The third-order valence-electron chi connectivity index (χ3n) is 5.56. The zero-order chi connectivity index (χ0) is 18.8. The van der Waals surface area contributed by atoms with Crippen molar-refractivity contribution in [1.29, 1.82) is 0 Å². The van der Waals surface area contributed by atoms with Crippen molar-refractivity contribution in [3.63, 3.8) is 0 Å². The average Bonchev–Trinajstić information content (AvgIpc) is 3.03. The molecule has 5 nitrogen and oxygen atoms in total. The fourth-order valence-electron chi connectivity index (χ4n) is 3.97. The Bertz CT molecular complexity index is 847. The molecule has 0 saturated carbocycles. The van der Waals surface area contributed by atoms with E-state index in [0.717, 1.165) is 36.2 Å². The molecule has 2 aromatic rings. The summed E-state index contributed by atoms with van der Waals surface area (Å²) in [5.41, 5.74) is 4.16. The van der Waals surface area contributed by atoms with Gasteiger partial charge in [0.05, 0.1) is 6.04 Å². The van der Waals surface area contributed by atoms with Gasteiger partial charge in [-0.2, -0.15) is 0 Å². The van der Waals surface area contributed by atoms with Crippen molar-refractivity contribution >= 4 is 11.8 Å². The Morgan fingerprint density at radius 2 is 1.93 bits per heavy atom. The summed E-state index contributed by atoms with van der Waals surface area (Å²) in [6, 6.07) is 16.1. The molecule has 2 amide bonds. The topological polar surface area (TPSA) is 52.7 Å². The first-order chi connectivity index (χ1) is 13.2. The van der Waals surface area contributed by atoms with Crippen LogP contribution >= 0.6 is 0 Å². The highest BCUT2D eigenvalue weighted by Crippen LogP contribution is 2.25. The van der Waals surface area contributed by atoms with E-state index in [1.54, 1.807) is 4.90 Å². The molecule has 0 spiro atoms. The maximum atomic E-state index is 13.1. The van der Waals surface area contributed by atoms with Crippen molar-refractivity contribution in [2.24, 2.45) is 0 Å². The van der Waals surface area contributed by atoms with Crippen molar-refractivity contribution < 1.29 is 9.59 Å². The van der Waals surface area contributed by atoms with Gasteiger partial charge in [-0.15, -0.1) is 0 Å². The van der Waals surface area contributed by atoms with Gasteiger partial charge in [-0.3, -0.25) is 9.59 Å². The summed E-state index contributed by atoms with van der Waals surface area (Å²) < 4.78 is 0. The van der Waals surface area contributed by atoms with Crippen molar-refractivity contribution in [3.05, 3.63) is 70.8 Å². The van der Waals surface area contributed by atoms with Crippen molar-refractivity contribution in [3.8, 4) is 0 Å². The van der Waals surface area contributed by atoms with Gasteiger partial charge in [0, 0.05) is 31.7 Å². The molecule has 2 heterocycles. The van der Waals surface area contributed by atoms with E-state index in [-0.39, 0.29) is 24.4 Å². The van der Waals surface area contributed by atoms with Crippen molar-refractivity contribution in [2.45, 2.75) is 25.9 Å². The molecule has 1 fully saturated rings. The van der Waals surface area contributed by atoms with E-state index in [0.29, 0.717) is 13.1 Å². The Morgan fingerprint density at radius 3 is 2.67 bits per heavy atom. The van der Waals surface area contributed by atoms with Gasteiger partial charge >= 0.3 is 0 Å². The second kappa shape index (κ2) is 7.53. The van der Waals surface area contributed by atoms with Gasteiger partial charge in [-0.1, -0.05) is 49.4 Å². The molecule has 0 radical (unpaired) electrons. The van der Waals surface area contributed by atoms with Crippen LogP contribution in [-0.4, -0.2) is 47.8 Å². The predicted octanol–water partition coefficient (Wildman–Crippen LogP) is 2.38. The van der Waals surface area contributed by atoms with Gasteiger partial charge in [-0.25, -0.2) is 0 Å². The first-order valence-electron chi connectivity index (χ1n) is 9.63. The molecule has 0 aromatic heterocycles. The number of carbonyl (C=O) groups excluding carboxylic acids is 2. The number of piperazine rings is 1. The van der Waals surface area contributed by atoms with E-state index in [1.807, 2.05) is 29.2 Å². The summed E-state index contributed by atoms with van der Waals surface area (Å²) in [4.78, 5) is 29.2. The molecule has 1 N–H and O–H groups in total. The fraction of sp³-hybridized carbons (Fsp3) is 0.364. The van der Waals surface area contributed by atoms with E-state index in [9.17, 15) is 9.59 Å². The summed E-state index contributed by atoms with van der Waals surface area (Å²) in [7, 11) is 0. The molecule has 2 aliphatic heterocycles. The van der Waals surface area contributed by atoms with Crippen LogP contribution in [0.2, 0.25) is 0 Å². The molecule has 2 aromatic carbocycles. The normalized spacial score (nSPS) is 19.3. The standard InChI is InChI=1S/C22H25N3O2/c1-2-16-7-9-17(10-8-16)20-13-23-11-12-25(20)21(26)15-24-14-18-5-3-4-6-19(18)22(24)27/h3-10,20,23H,2,11-15H2,1H3. The summed E-state index contributed by atoms with van der Waals surface area (Å²) in [5.74, 6) is -0.0276. The number of amides is 2. The fourth-order valence-corrected chi connectivity index (χ4v) is 3.97. The van der Waals surface area contributed by atoms with Crippen LogP contribution in [0.15, 0.2) is 48.5 Å². The van der Waals surface area contributed by atoms with E-state index >= 15 is 0 Å². The van der Waals surface area contributed by atoms with Gasteiger partial charge in [0.25, 0.3) is 5.91 Å². The third-order valence-corrected chi connectivity index (χ3v) is 5.56. The smallest absolute Gasteiger partial charge is 0.254 e. The number of nitrogens with one attached hydrogen (secondary N) is 1. The molecular formula is C22H25N3O2. The molecule has 2 aliphatic rings. The highest BCUT2D eigenvalue weighted by Gasteiger charge is 2.33. The molecule has 0 aliphatic carbocycles. The van der Waals surface area contributed by atoms with Gasteiger partial charge in [0.15, 0.2) is 0 Å². The first-order valence-corrected chi connectivity index (χ1v) is 9.63. The monoisotopic (exact) mass is 363 g/mol. The Balaban J connectivity index is 1.49. The van der Waals surface area contributed by atoms with Crippen LogP contribution in [0.5, 0.6) is 0 Å². The molecule has 1 atom stereocenters. The average molecular weight is 363 g/mol. The quantitative estimate of drug-likeness (QED) is 0.907. The SMILES string of the molecule is CCc1ccc(C2CNCCN2C(=O)CN2Cc3ccccc3C2=O)cc1. The van der Waals surface area contributed by atoms with Crippen LogP contribution in [0.1, 0.15) is 40.0 Å². The molecule has 27 heavy (non-hydrogen) atoms. The number of benzene rings is 2. The van der Waals surface area contributed by atoms with E-state index in [2.05, 4.69) is 36.5 Å². The number of aryl methyl sites for hydroxylation is 1. The minimum absolute atomic E-state index is 0.0113. The summed E-state index contributed by atoms with van der Waals surface area (Å²) >= 11 is 0. The summed E-state index contributed by atoms with van der Waals surface area (Å²) in [6.45, 7) is 4.97. The lowest BCUT2D eigenvalue weighted by Gasteiger charge is -2.37.